The minimum absolute atomic E-state index is 0. The number of nitrogens with one attached hydrogen (secondary N) is 1. The number of hydrogen-bond acceptors (Lipinski definition) is 4. The smallest absolute Gasteiger partial charge is 0.543 e. The summed E-state index contributed by atoms with van der Waals surface area (Å²) in [5.41, 5.74) is -0.177. The zero-order valence-corrected chi connectivity index (χ0v) is 9.98. The first kappa shape index (κ1) is 13.2. The van der Waals surface area contributed by atoms with E-state index in [0.29, 0.717) is 0 Å². The van der Waals surface area contributed by atoms with Crippen LogP contribution in [0.5, 0.6) is 0 Å². The van der Waals surface area contributed by atoms with E-state index in [-0.39, 0.29) is 47.7 Å². The largest absolute Gasteiger partial charge is 1.00 e. The predicted molar refractivity (Wildman–Crippen MR) is 40.6 cm³/mol. The number of rotatable bonds is 3. The first-order chi connectivity index (χ1) is 6.13. The van der Waals surface area contributed by atoms with Gasteiger partial charge in [0.15, 0.2) is 0 Å². The summed E-state index contributed by atoms with van der Waals surface area (Å²) in [6, 6.07) is 1.28. The van der Waals surface area contributed by atoms with Gasteiger partial charge in [0.2, 0.25) is 5.91 Å². The van der Waals surface area contributed by atoms with Crippen molar-refractivity contribution in [1.82, 2.24) is 15.1 Å². The third-order valence-corrected chi connectivity index (χ3v) is 1.43. The zero-order chi connectivity index (χ0) is 9.84. The number of hydrogen-bond donors (Lipinski definition) is 1. The monoisotopic (exact) mass is 205 g/mol. The van der Waals surface area contributed by atoms with E-state index in [4.69, 9.17) is 0 Å². The molecule has 0 atom stereocenters. The van der Waals surface area contributed by atoms with Gasteiger partial charge >= 0.3 is 29.6 Å². The second-order valence-corrected chi connectivity index (χ2v) is 2.36. The molecular weight excluding hydrogens is 197 g/mol. The average Bonchev–Trinajstić information content (AvgIpc) is 2.52. The molecule has 1 heterocycles. The molecule has 0 aliphatic carbocycles. The van der Waals surface area contributed by atoms with Gasteiger partial charge in [-0.3, -0.25) is 9.48 Å². The number of carbonyl (C=O) groups excluding carboxylic acids is 2. The Morgan fingerprint density at radius 2 is 2.29 bits per heavy atom. The summed E-state index contributed by atoms with van der Waals surface area (Å²) in [6.07, 6.45) is 1.40. The minimum Gasteiger partial charge on any atom is -0.543 e. The third kappa shape index (κ3) is 3.49. The van der Waals surface area contributed by atoms with Crippen LogP contribution >= 0.6 is 0 Å². The molecule has 0 saturated heterocycles. The maximum absolute atomic E-state index is 10.8. The van der Waals surface area contributed by atoms with E-state index in [2.05, 4.69) is 10.4 Å². The van der Waals surface area contributed by atoms with E-state index < -0.39 is 5.97 Å². The second kappa shape index (κ2) is 5.79. The molecule has 0 spiro atoms. The number of amides is 1. The molecule has 6 nitrogen and oxygen atoms in total. The van der Waals surface area contributed by atoms with Crippen LogP contribution in [0.25, 0.3) is 0 Å². The second-order valence-electron chi connectivity index (χ2n) is 2.36. The van der Waals surface area contributed by atoms with E-state index in [1.165, 1.54) is 24.0 Å². The number of nitrogens with zero attached hydrogens (tertiary/aromatic N) is 2. The number of likely N-dealkylation sites (N-methyl/N-ethyl adjacent to an activating group) is 1. The summed E-state index contributed by atoms with van der Waals surface area (Å²) < 4.78 is 1.23. The molecule has 1 amide bonds. The van der Waals surface area contributed by atoms with E-state index >= 15 is 0 Å². The van der Waals surface area contributed by atoms with Crippen LogP contribution in [-0.2, 0) is 11.3 Å². The van der Waals surface area contributed by atoms with Crippen LogP contribution in [0.4, 0.5) is 0 Å². The Morgan fingerprint density at radius 3 is 2.71 bits per heavy atom. The molecule has 1 N–H and O–H groups in total. The van der Waals surface area contributed by atoms with Gasteiger partial charge in [-0.2, -0.15) is 5.10 Å². The van der Waals surface area contributed by atoms with Gasteiger partial charge in [0.1, 0.15) is 12.2 Å². The van der Waals surface area contributed by atoms with E-state index in [1.54, 1.807) is 0 Å². The Morgan fingerprint density at radius 1 is 1.64 bits per heavy atom. The van der Waals surface area contributed by atoms with Crippen molar-refractivity contribution < 1.29 is 44.3 Å². The molecule has 0 aliphatic rings. The molecule has 0 saturated carbocycles. The first-order valence-corrected chi connectivity index (χ1v) is 3.59. The number of aromatic nitrogens is 2. The van der Waals surface area contributed by atoms with E-state index in [9.17, 15) is 14.7 Å². The molecule has 14 heavy (non-hydrogen) atoms. The normalized spacial score (nSPS) is 8.93. The summed E-state index contributed by atoms with van der Waals surface area (Å²) in [4.78, 5) is 21.1. The summed E-state index contributed by atoms with van der Waals surface area (Å²) >= 11 is 0. The zero-order valence-electron chi connectivity index (χ0n) is 7.98. The Labute approximate surface area is 103 Å². The molecule has 0 bridgehead atoms. The summed E-state index contributed by atoms with van der Waals surface area (Å²) in [7, 11) is 1.49. The van der Waals surface area contributed by atoms with Gasteiger partial charge in [0.05, 0.1) is 5.97 Å². The molecule has 1 aromatic rings. The maximum Gasteiger partial charge on any atom is 1.00 e. The van der Waals surface area contributed by atoms with Crippen molar-refractivity contribution >= 4 is 11.9 Å². The fourth-order valence-corrected chi connectivity index (χ4v) is 0.785. The molecule has 0 unspecified atom stereocenters. The number of carboxylic acid groups (broad SMARTS) is 1. The Hall–Kier alpha value is -0.850. The van der Waals surface area contributed by atoms with Crippen LogP contribution in [0.3, 0.4) is 0 Å². The molecule has 0 fully saturated rings. The molecule has 7 heteroatoms. The van der Waals surface area contributed by atoms with Crippen molar-refractivity contribution in [3.8, 4) is 0 Å². The molecule has 0 radical (unpaired) electrons. The van der Waals surface area contributed by atoms with Gasteiger partial charge in [-0.05, 0) is 6.07 Å². The average molecular weight is 205 g/mol. The van der Waals surface area contributed by atoms with Crippen molar-refractivity contribution in [1.29, 1.82) is 0 Å². The molecule has 1 rings (SSSR count). The summed E-state index contributed by atoms with van der Waals surface area (Å²) in [5, 5.41) is 16.3. The Balaban J connectivity index is 0.00000169. The van der Waals surface area contributed by atoms with Crippen molar-refractivity contribution in [3.63, 3.8) is 0 Å². The standard InChI is InChI=1S/C7H9N3O3.Na/c1-8-6(11)4-10-3-2-5(9-10)7(12)13;/h2-3H,4H2,1H3,(H,8,11)(H,12,13);/q;+1/p-1. The third-order valence-electron chi connectivity index (χ3n) is 1.43. The van der Waals surface area contributed by atoms with Crippen LogP contribution in [0, 0.1) is 0 Å². The van der Waals surface area contributed by atoms with E-state index in [1.807, 2.05) is 0 Å². The van der Waals surface area contributed by atoms with Gasteiger partial charge < -0.3 is 15.2 Å². The minimum atomic E-state index is -1.35. The van der Waals surface area contributed by atoms with Gasteiger partial charge in [-0.1, -0.05) is 0 Å². The molecule has 70 valence electrons. The molecular formula is C7H8N3NaO3. The fraction of sp³-hybridized carbons (Fsp3) is 0.286. The number of carboxylic acids is 1. The van der Waals surface area contributed by atoms with Crippen LogP contribution in [0.1, 0.15) is 10.5 Å². The van der Waals surface area contributed by atoms with Gasteiger partial charge in [-0.15, -0.1) is 0 Å². The predicted octanol–water partition coefficient (Wildman–Crippen LogP) is -5.00. The SMILES string of the molecule is CNC(=O)Cn1ccc(C(=O)[O-])n1.[Na+]. The Kier molecular flexibility index (Phi) is 5.44. The van der Waals surface area contributed by atoms with Gasteiger partial charge in [0.25, 0.3) is 0 Å². The topological polar surface area (TPSA) is 87.0 Å². The molecule has 0 aliphatic heterocycles. The van der Waals surface area contributed by atoms with Crippen LogP contribution in [0.15, 0.2) is 12.3 Å². The first-order valence-electron chi connectivity index (χ1n) is 3.59. The van der Waals surface area contributed by atoms with Gasteiger partial charge in [0, 0.05) is 13.2 Å². The van der Waals surface area contributed by atoms with Crippen LogP contribution in [0.2, 0.25) is 0 Å². The van der Waals surface area contributed by atoms with Crippen molar-refractivity contribution in [2.75, 3.05) is 7.05 Å². The fourth-order valence-electron chi connectivity index (χ4n) is 0.785. The van der Waals surface area contributed by atoms with Crippen molar-refractivity contribution in [2.24, 2.45) is 0 Å². The Bertz CT molecular complexity index is 337. The summed E-state index contributed by atoms with van der Waals surface area (Å²) in [5.74, 6) is -1.59. The number of aromatic carboxylic acids is 1. The molecule has 1 aromatic heterocycles. The van der Waals surface area contributed by atoms with E-state index in [0.717, 1.165) is 0 Å². The van der Waals surface area contributed by atoms with Crippen molar-refractivity contribution in [2.45, 2.75) is 6.54 Å². The molecule has 0 aromatic carbocycles. The summed E-state index contributed by atoms with van der Waals surface area (Å²) in [6.45, 7) is 0.00375. The number of carbonyl (C=O) groups is 2. The maximum atomic E-state index is 10.8. The van der Waals surface area contributed by atoms with Gasteiger partial charge in [-0.25, -0.2) is 0 Å². The van der Waals surface area contributed by atoms with Crippen molar-refractivity contribution in [3.05, 3.63) is 18.0 Å². The quantitative estimate of drug-likeness (QED) is 0.500. The van der Waals surface area contributed by atoms with Crippen LogP contribution < -0.4 is 40.0 Å². The van der Waals surface area contributed by atoms with Crippen LogP contribution in [-0.4, -0.2) is 28.7 Å².